The number of hydrogen-bond donors (Lipinski definition) is 2. The summed E-state index contributed by atoms with van der Waals surface area (Å²) in [6, 6.07) is 26.3. The molecule has 0 bridgehead atoms. The Morgan fingerprint density at radius 2 is 0.923 bits per heavy atom. The van der Waals surface area contributed by atoms with Crippen LogP contribution in [0.2, 0.25) is 0 Å². The maximum Gasteiger partial charge on any atom is 0.153 e. The van der Waals surface area contributed by atoms with Crippen molar-refractivity contribution in [2.45, 2.75) is 52.4 Å². The average molecular weight is 521 g/mol. The number of aliphatic imine (C=N–C) groups is 2. The lowest BCUT2D eigenvalue weighted by molar-refractivity contribution is 0.445. The molecule has 0 spiro atoms. The highest BCUT2D eigenvalue weighted by Crippen LogP contribution is 2.38. The average Bonchev–Trinajstić information content (AvgIpc) is 2.87. The molecule has 200 valence electrons. The molecule has 4 aromatic carbocycles. The lowest BCUT2D eigenvalue weighted by Crippen LogP contribution is -2.11. The molecule has 5 heteroatoms. The SMILES string of the molecule is CC(C)(C)c1cccc(C=Nc2ccccc2Oc2ccccc2N=Cc2cccc(C(C)(C)C)c2O)c1O. The fraction of sp³-hybridized carbons (Fsp3) is 0.235. The highest BCUT2D eigenvalue weighted by Gasteiger charge is 2.20. The van der Waals surface area contributed by atoms with Gasteiger partial charge in [-0.3, -0.25) is 9.98 Å². The molecule has 0 aliphatic heterocycles. The zero-order chi connectivity index (χ0) is 28.2. The van der Waals surface area contributed by atoms with Crippen LogP contribution in [-0.4, -0.2) is 22.6 Å². The summed E-state index contributed by atoms with van der Waals surface area (Å²) in [4.78, 5) is 9.29. The zero-order valence-electron chi connectivity index (χ0n) is 23.4. The Morgan fingerprint density at radius 1 is 0.538 bits per heavy atom. The van der Waals surface area contributed by atoms with Crippen molar-refractivity contribution in [3.8, 4) is 23.0 Å². The van der Waals surface area contributed by atoms with Crippen molar-refractivity contribution < 1.29 is 14.9 Å². The molecule has 0 radical (unpaired) electrons. The maximum absolute atomic E-state index is 10.8. The van der Waals surface area contributed by atoms with Gasteiger partial charge in [-0.05, 0) is 58.4 Å². The van der Waals surface area contributed by atoms with Gasteiger partial charge >= 0.3 is 0 Å². The first-order valence-electron chi connectivity index (χ1n) is 13.0. The summed E-state index contributed by atoms with van der Waals surface area (Å²) in [6.07, 6.45) is 3.31. The molecule has 2 N–H and O–H groups in total. The van der Waals surface area contributed by atoms with Crippen molar-refractivity contribution in [3.63, 3.8) is 0 Å². The van der Waals surface area contributed by atoms with E-state index >= 15 is 0 Å². The number of phenolic OH excluding ortho intramolecular Hbond substituents is 2. The zero-order valence-corrected chi connectivity index (χ0v) is 23.4. The molecule has 5 nitrogen and oxygen atoms in total. The van der Waals surface area contributed by atoms with E-state index in [0.29, 0.717) is 34.0 Å². The van der Waals surface area contributed by atoms with Gasteiger partial charge in [0.05, 0.1) is 0 Å². The number of benzene rings is 4. The number of phenols is 2. The molecule has 0 fully saturated rings. The van der Waals surface area contributed by atoms with Gasteiger partial charge in [0.2, 0.25) is 0 Å². The van der Waals surface area contributed by atoms with Crippen molar-refractivity contribution in [2.75, 3.05) is 0 Å². The Labute approximate surface area is 231 Å². The van der Waals surface area contributed by atoms with Crippen molar-refractivity contribution in [2.24, 2.45) is 9.98 Å². The van der Waals surface area contributed by atoms with Gasteiger partial charge in [-0.2, -0.15) is 0 Å². The Kier molecular flexibility index (Phi) is 7.91. The first kappa shape index (κ1) is 27.6. The first-order chi connectivity index (χ1) is 18.4. The van der Waals surface area contributed by atoms with E-state index in [1.807, 2.05) is 84.9 Å². The highest BCUT2D eigenvalue weighted by atomic mass is 16.5. The lowest BCUT2D eigenvalue weighted by Gasteiger charge is -2.21. The number of nitrogens with zero attached hydrogens (tertiary/aromatic N) is 2. The van der Waals surface area contributed by atoms with Gasteiger partial charge in [-0.25, -0.2) is 0 Å². The number of hydrogen-bond acceptors (Lipinski definition) is 5. The van der Waals surface area contributed by atoms with Crippen LogP contribution in [0.1, 0.15) is 63.8 Å². The molecule has 39 heavy (non-hydrogen) atoms. The van der Waals surface area contributed by atoms with Gasteiger partial charge in [0.25, 0.3) is 0 Å². The van der Waals surface area contributed by atoms with Gasteiger partial charge in [0, 0.05) is 23.6 Å². The van der Waals surface area contributed by atoms with Crippen molar-refractivity contribution in [1.29, 1.82) is 0 Å². The van der Waals surface area contributed by atoms with E-state index in [1.165, 1.54) is 0 Å². The fourth-order valence-corrected chi connectivity index (χ4v) is 4.24. The Hall–Kier alpha value is -4.38. The minimum atomic E-state index is -0.190. The van der Waals surface area contributed by atoms with E-state index in [-0.39, 0.29) is 22.3 Å². The summed E-state index contributed by atoms with van der Waals surface area (Å²) in [5.74, 6) is 1.57. The third-order valence-corrected chi connectivity index (χ3v) is 6.39. The standard InChI is InChI=1S/C34H36N2O3/c1-33(2,3)25-15-11-13-23(31(25)37)21-35-27-17-7-9-19-29(27)39-30-20-10-8-18-28(30)36-22-24-14-12-16-26(32(24)38)34(4,5)6/h7-22,37-38H,1-6H3. The summed E-state index contributed by atoms with van der Waals surface area (Å²) < 4.78 is 6.28. The third-order valence-electron chi connectivity index (χ3n) is 6.39. The summed E-state index contributed by atoms with van der Waals surface area (Å²) in [7, 11) is 0. The second-order valence-corrected chi connectivity index (χ2v) is 11.5. The van der Waals surface area contributed by atoms with Gasteiger partial charge in [-0.15, -0.1) is 0 Å². The molecule has 0 amide bonds. The molecular formula is C34H36N2O3. The highest BCUT2D eigenvalue weighted by molar-refractivity contribution is 5.88. The normalized spacial score (nSPS) is 12.4. The molecule has 0 aromatic heterocycles. The lowest BCUT2D eigenvalue weighted by atomic mass is 9.85. The molecular weight excluding hydrogens is 484 g/mol. The van der Waals surface area contributed by atoms with Crippen LogP contribution >= 0.6 is 0 Å². The van der Waals surface area contributed by atoms with E-state index in [2.05, 4.69) is 51.5 Å². The number of rotatable bonds is 6. The predicted molar refractivity (Wildman–Crippen MR) is 161 cm³/mol. The molecule has 0 saturated heterocycles. The van der Waals surface area contributed by atoms with E-state index < -0.39 is 0 Å². The van der Waals surface area contributed by atoms with Crippen molar-refractivity contribution in [1.82, 2.24) is 0 Å². The summed E-state index contributed by atoms with van der Waals surface area (Å²) in [5.41, 5.74) is 3.86. The van der Waals surface area contributed by atoms with Crippen molar-refractivity contribution >= 4 is 23.8 Å². The largest absolute Gasteiger partial charge is 0.507 e. The quantitative estimate of drug-likeness (QED) is 0.249. The minimum absolute atomic E-state index is 0.190. The molecule has 0 aliphatic carbocycles. The Morgan fingerprint density at radius 3 is 1.31 bits per heavy atom. The van der Waals surface area contributed by atoms with E-state index in [9.17, 15) is 10.2 Å². The van der Waals surface area contributed by atoms with Crippen LogP contribution in [0.25, 0.3) is 0 Å². The number of ether oxygens (including phenoxy) is 1. The van der Waals surface area contributed by atoms with Gasteiger partial charge in [0.1, 0.15) is 22.9 Å². The third kappa shape index (κ3) is 6.55. The smallest absolute Gasteiger partial charge is 0.153 e. The van der Waals surface area contributed by atoms with E-state index in [0.717, 1.165) is 11.1 Å². The predicted octanol–water partition coefficient (Wildman–Crippen LogP) is 8.99. The first-order valence-corrected chi connectivity index (χ1v) is 13.0. The van der Waals surface area contributed by atoms with Crippen LogP contribution in [-0.2, 0) is 10.8 Å². The maximum atomic E-state index is 10.8. The van der Waals surface area contributed by atoms with Crippen LogP contribution in [0.15, 0.2) is 94.9 Å². The van der Waals surface area contributed by atoms with Gasteiger partial charge in [-0.1, -0.05) is 90.1 Å². The van der Waals surface area contributed by atoms with Crippen LogP contribution in [0.3, 0.4) is 0 Å². The number of aromatic hydroxyl groups is 2. The monoisotopic (exact) mass is 520 g/mol. The van der Waals surface area contributed by atoms with Crippen LogP contribution < -0.4 is 4.74 Å². The van der Waals surface area contributed by atoms with Gasteiger partial charge in [0.15, 0.2) is 11.5 Å². The van der Waals surface area contributed by atoms with E-state index in [4.69, 9.17) is 4.74 Å². The molecule has 0 unspecified atom stereocenters. The number of para-hydroxylation sites is 6. The van der Waals surface area contributed by atoms with Crippen molar-refractivity contribution in [3.05, 3.63) is 107 Å². The Balaban J connectivity index is 1.63. The second kappa shape index (κ2) is 11.2. The molecule has 4 rings (SSSR count). The minimum Gasteiger partial charge on any atom is -0.507 e. The molecule has 0 atom stereocenters. The molecule has 0 saturated carbocycles. The summed E-state index contributed by atoms with van der Waals surface area (Å²) in [6.45, 7) is 12.4. The topological polar surface area (TPSA) is 74.4 Å². The van der Waals surface area contributed by atoms with Crippen LogP contribution in [0.4, 0.5) is 11.4 Å². The summed E-state index contributed by atoms with van der Waals surface area (Å²) >= 11 is 0. The molecule has 0 aliphatic rings. The molecule has 0 heterocycles. The summed E-state index contributed by atoms with van der Waals surface area (Å²) in [5, 5.41) is 21.6. The van der Waals surface area contributed by atoms with E-state index in [1.54, 1.807) is 12.4 Å². The molecule has 4 aromatic rings. The van der Waals surface area contributed by atoms with Gasteiger partial charge < -0.3 is 14.9 Å². The van der Waals surface area contributed by atoms with Crippen LogP contribution in [0, 0.1) is 0 Å². The van der Waals surface area contributed by atoms with Crippen LogP contribution in [0.5, 0.6) is 23.0 Å². The second-order valence-electron chi connectivity index (χ2n) is 11.5. The fourth-order valence-electron chi connectivity index (χ4n) is 4.24. The Bertz CT molecular complexity index is 1410.